The van der Waals surface area contributed by atoms with Crippen LogP contribution >= 0.6 is 0 Å². The predicted molar refractivity (Wildman–Crippen MR) is 80.9 cm³/mol. The molecule has 2 aliphatic rings. The van der Waals surface area contributed by atoms with Crippen LogP contribution < -0.4 is 10.2 Å². The average molecular weight is 275 g/mol. The number of hydrogen-bond donors (Lipinski definition) is 1. The van der Waals surface area contributed by atoms with Gasteiger partial charge in [0, 0.05) is 44.5 Å². The molecule has 0 saturated heterocycles. The van der Waals surface area contributed by atoms with Crippen molar-refractivity contribution in [1.82, 2.24) is 10.3 Å². The van der Waals surface area contributed by atoms with Crippen molar-refractivity contribution >= 4 is 5.82 Å². The molecule has 0 aromatic carbocycles. The molecule has 0 amide bonds. The molecule has 4 nitrogen and oxygen atoms in total. The number of ether oxygens (including phenoxy) is 1. The number of anilines is 1. The molecule has 0 radical (unpaired) electrons. The van der Waals surface area contributed by atoms with Gasteiger partial charge in [-0.3, -0.25) is 0 Å². The van der Waals surface area contributed by atoms with Crippen LogP contribution in [0.2, 0.25) is 0 Å². The molecular formula is C16H25N3O. The van der Waals surface area contributed by atoms with Crippen LogP contribution in [-0.2, 0) is 11.3 Å². The smallest absolute Gasteiger partial charge is 0.132 e. The Morgan fingerprint density at radius 1 is 1.35 bits per heavy atom. The molecule has 0 aliphatic heterocycles. The first-order chi connectivity index (χ1) is 9.83. The fourth-order valence-electron chi connectivity index (χ4n) is 2.30. The van der Waals surface area contributed by atoms with Crippen molar-refractivity contribution in [2.75, 3.05) is 31.7 Å². The summed E-state index contributed by atoms with van der Waals surface area (Å²) in [5, 5.41) is 3.56. The molecule has 3 rings (SSSR count). The number of nitrogens with zero attached hydrogens (tertiary/aromatic N) is 2. The number of rotatable bonds is 9. The van der Waals surface area contributed by atoms with E-state index in [-0.39, 0.29) is 0 Å². The lowest BCUT2D eigenvalue weighted by molar-refractivity contribution is 0.130. The standard InChI is InChI=1S/C16H25N3O/c1-19(9-10-20-12-13-4-5-13)16-14(3-2-8-17-16)11-18-15-6-7-15/h2-3,8,13,15,18H,4-7,9-12H2,1H3. The van der Waals surface area contributed by atoms with Gasteiger partial charge in [-0.15, -0.1) is 0 Å². The molecule has 1 N–H and O–H groups in total. The monoisotopic (exact) mass is 275 g/mol. The predicted octanol–water partition coefficient (Wildman–Crippen LogP) is 2.20. The van der Waals surface area contributed by atoms with Crippen LogP contribution in [0, 0.1) is 5.92 Å². The van der Waals surface area contributed by atoms with Crippen LogP contribution in [0.4, 0.5) is 5.82 Å². The molecular weight excluding hydrogens is 250 g/mol. The zero-order valence-corrected chi connectivity index (χ0v) is 12.3. The lowest BCUT2D eigenvalue weighted by Crippen LogP contribution is -2.26. The third kappa shape index (κ3) is 4.18. The minimum absolute atomic E-state index is 0.732. The van der Waals surface area contributed by atoms with Crippen molar-refractivity contribution in [3.8, 4) is 0 Å². The first-order valence-corrected chi connectivity index (χ1v) is 7.79. The second-order valence-corrected chi connectivity index (χ2v) is 6.08. The summed E-state index contributed by atoms with van der Waals surface area (Å²) in [4.78, 5) is 6.74. The van der Waals surface area contributed by atoms with Crippen molar-refractivity contribution in [3.63, 3.8) is 0 Å². The van der Waals surface area contributed by atoms with E-state index in [9.17, 15) is 0 Å². The highest BCUT2D eigenvalue weighted by atomic mass is 16.5. The lowest BCUT2D eigenvalue weighted by atomic mass is 10.2. The maximum Gasteiger partial charge on any atom is 0.132 e. The summed E-state index contributed by atoms with van der Waals surface area (Å²) in [6, 6.07) is 4.92. The molecule has 1 aromatic heterocycles. The first kappa shape index (κ1) is 13.8. The maximum atomic E-state index is 5.71. The summed E-state index contributed by atoms with van der Waals surface area (Å²) in [5.41, 5.74) is 1.28. The molecule has 0 spiro atoms. The van der Waals surface area contributed by atoms with Gasteiger partial charge >= 0.3 is 0 Å². The largest absolute Gasteiger partial charge is 0.379 e. The van der Waals surface area contributed by atoms with Crippen LogP contribution in [0.25, 0.3) is 0 Å². The highest BCUT2D eigenvalue weighted by Crippen LogP contribution is 2.28. The Morgan fingerprint density at radius 2 is 2.20 bits per heavy atom. The summed E-state index contributed by atoms with van der Waals surface area (Å²) in [6.45, 7) is 3.55. The Hall–Kier alpha value is -1.13. The van der Waals surface area contributed by atoms with Crippen molar-refractivity contribution in [2.45, 2.75) is 38.3 Å². The highest BCUT2D eigenvalue weighted by Gasteiger charge is 2.22. The van der Waals surface area contributed by atoms with Gasteiger partial charge in [-0.1, -0.05) is 6.07 Å². The second kappa shape index (κ2) is 6.55. The fraction of sp³-hybridized carbons (Fsp3) is 0.688. The van der Waals surface area contributed by atoms with Crippen molar-refractivity contribution in [1.29, 1.82) is 0 Å². The number of pyridine rings is 1. The summed E-state index contributed by atoms with van der Waals surface area (Å²) < 4.78 is 5.71. The van der Waals surface area contributed by atoms with Gasteiger partial charge in [0.1, 0.15) is 5.82 Å². The minimum atomic E-state index is 0.732. The molecule has 0 atom stereocenters. The van der Waals surface area contributed by atoms with Crippen molar-refractivity contribution in [3.05, 3.63) is 23.9 Å². The zero-order chi connectivity index (χ0) is 13.8. The third-order valence-electron chi connectivity index (χ3n) is 4.01. The minimum Gasteiger partial charge on any atom is -0.379 e. The summed E-state index contributed by atoms with van der Waals surface area (Å²) in [7, 11) is 2.10. The zero-order valence-electron chi connectivity index (χ0n) is 12.3. The Labute approximate surface area is 121 Å². The van der Waals surface area contributed by atoms with E-state index in [0.717, 1.165) is 44.1 Å². The topological polar surface area (TPSA) is 37.4 Å². The molecule has 4 heteroatoms. The average Bonchev–Trinajstić information content (AvgIpc) is 3.36. The molecule has 0 unspecified atom stereocenters. The van der Waals surface area contributed by atoms with E-state index in [2.05, 4.69) is 28.3 Å². The number of nitrogens with one attached hydrogen (secondary N) is 1. The van der Waals surface area contributed by atoms with Gasteiger partial charge in [-0.05, 0) is 37.7 Å². The van der Waals surface area contributed by atoms with Crippen molar-refractivity contribution in [2.24, 2.45) is 5.92 Å². The van der Waals surface area contributed by atoms with E-state index in [1.54, 1.807) is 0 Å². The number of aromatic nitrogens is 1. The third-order valence-corrected chi connectivity index (χ3v) is 4.01. The quantitative estimate of drug-likeness (QED) is 0.701. The van der Waals surface area contributed by atoms with E-state index >= 15 is 0 Å². The number of likely N-dealkylation sites (N-methyl/N-ethyl adjacent to an activating group) is 1. The van der Waals surface area contributed by atoms with E-state index < -0.39 is 0 Å². The van der Waals surface area contributed by atoms with Gasteiger partial charge in [-0.2, -0.15) is 0 Å². The molecule has 110 valence electrons. The van der Waals surface area contributed by atoms with Gasteiger partial charge < -0.3 is 15.0 Å². The Kier molecular flexibility index (Phi) is 4.53. The Morgan fingerprint density at radius 3 is 2.95 bits per heavy atom. The molecule has 2 aliphatic carbocycles. The number of hydrogen-bond acceptors (Lipinski definition) is 4. The van der Waals surface area contributed by atoms with Crippen LogP contribution in [0.5, 0.6) is 0 Å². The fourth-order valence-corrected chi connectivity index (χ4v) is 2.30. The van der Waals surface area contributed by atoms with Crippen LogP contribution in [0.1, 0.15) is 31.2 Å². The van der Waals surface area contributed by atoms with Gasteiger partial charge in [0.25, 0.3) is 0 Å². The molecule has 2 saturated carbocycles. The molecule has 1 aromatic rings. The van der Waals surface area contributed by atoms with Crippen LogP contribution in [0.15, 0.2) is 18.3 Å². The second-order valence-electron chi connectivity index (χ2n) is 6.08. The SMILES string of the molecule is CN(CCOCC1CC1)c1ncccc1CNC1CC1. The van der Waals surface area contributed by atoms with Gasteiger partial charge in [0.05, 0.1) is 6.61 Å². The summed E-state index contributed by atoms with van der Waals surface area (Å²) in [6.07, 6.45) is 7.22. The van der Waals surface area contributed by atoms with E-state index in [0.29, 0.717) is 0 Å². The van der Waals surface area contributed by atoms with Gasteiger partial charge in [0.2, 0.25) is 0 Å². The molecule has 1 heterocycles. The van der Waals surface area contributed by atoms with E-state index in [4.69, 9.17) is 4.74 Å². The van der Waals surface area contributed by atoms with E-state index in [1.807, 2.05) is 12.3 Å². The first-order valence-electron chi connectivity index (χ1n) is 7.79. The summed E-state index contributed by atoms with van der Waals surface area (Å²) >= 11 is 0. The Balaban J connectivity index is 1.47. The van der Waals surface area contributed by atoms with Crippen LogP contribution in [-0.4, -0.2) is 37.8 Å². The van der Waals surface area contributed by atoms with E-state index in [1.165, 1.54) is 31.2 Å². The van der Waals surface area contributed by atoms with Gasteiger partial charge in [-0.25, -0.2) is 4.98 Å². The maximum absolute atomic E-state index is 5.71. The molecule has 0 bridgehead atoms. The lowest BCUT2D eigenvalue weighted by Gasteiger charge is -2.21. The van der Waals surface area contributed by atoms with Crippen LogP contribution in [0.3, 0.4) is 0 Å². The van der Waals surface area contributed by atoms with Gasteiger partial charge in [0.15, 0.2) is 0 Å². The molecule has 2 fully saturated rings. The van der Waals surface area contributed by atoms with Crippen molar-refractivity contribution < 1.29 is 4.74 Å². The summed E-state index contributed by atoms with van der Waals surface area (Å²) in [5.74, 6) is 1.92. The normalized spacial score (nSPS) is 18.2. The molecule has 20 heavy (non-hydrogen) atoms. The highest BCUT2D eigenvalue weighted by molar-refractivity contribution is 5.45. The Bertz CT molecular complexity index is 429.